The maximum Gasteiger partial charge on any atom is 0.0196 e. The van der Waals surface area contributed by atoms with Crippen molar-refractivity contribution in [2.45, 2.75) is 83.3 Å². The van der Waals surface area contributed by atoms with Crippen molar-refractivity contribution in [2.75, 3.05) is 6.54 Å². The molecule has 2 fully saturated rings. The Hall–Kier alpha value is -0.0800. The molecule has 1 saturated heterocycles. The minimum Gasteiger partial charge on any atom is -0.326 e. The van der Waals surface area contributed by atoms with Crippen molar-refractivity contribution in [2.24, 2.45) is 11.7 Å². The fraction of sp³-hybridized carbons (Fsp3) is 1.00. The highest BCUT2D eigenvalue weighted by Crippen LogP contribution is 2.28. The van der Waals surface area contributed by atoms with E-state index in [1.54, 1.807) is 0 Å². The smallest absolute Gasteiger partial charge is 0.0196 e. The van der Waals surface area contributed by atoms with Crippen LogP contribution in [0.25, 0.3) is 0 Å². The van der Waals surface area contributed by atoms with Crippen molar-refractivity contribution in [1.29, 1.82) is 0 Å². The molecule has 0 aromatic carbocycles. The average molecular weight is 238 g/mol. The molecule has 1 heterocycles. The Morgan fingerprint density at radius 2 is 1.53 bits per heavy atom. The first-order valence-corrected chi connectivity index (χ1v) is 7.70. The normalized spacial score (nSPS) is 34.8. The van der Waals surface area contributed by atoms with Crippen molar-refractivity contribution >= 4 is 0 Å². The maximum absolute atomic E-state index is 6.46. The van der Waals surface area contributed by atoms with E-state index in [4.69, 9.17) is 5.73 Å². The van der Waals surface area contributed by atoms with Crippen molar-refractivity contribution in [1.82, 2.24) is 4.90 Å². The van der Waals surface area contributed by atoms with E-state index in [1.807, 2.05) is 0 Å². The second-order valence-corrected chi connectivity index (χ2v) is 6.39. The molecule has 2 rings (SSSR count). The lowest BCUT2D eigenvalue weighted by Gasteiger charge is -2.42. The molecule has 0 aromatic heterocycles. The number of piperidine rings is 1. The van der Waals surface area contributed by atoms with Crippen LogP contribution in [0, 0.1) is 5.92 Å². The van der Waals surface area contributed by atoms with Gasteiger partial charge in [0.25, 0.3) is 0 Å². The van der Waals surface area contributed by atoms with E-state index in [-0.39, 0.29) is 0 Å². The number of nitrogens with zero attached hydrogens (tertiary/aromatic N) is 1. The Labute approximate surface area is 107 Å². The van der Waals surface area contributed by atoms with Gasteiger partial charge < -0.3 is 5.73 Å². The zero-order valence-corrected chi connectivity index (χ0v) is 11.7. The first kappa shape index (κ1) is 13.4. The van der Waals surface area contributed by atoms with Crippen LogP contribution in [0.1, 0.15) is 65.2 Å². The van der Waals surface area contributed by atoms with Crippen LogP contribution < -0.4 is 5.73 Å². The zero-order chi connectivity index (χ0) is 12.3. The highest BCUT2D eigenvalue weighted by atomic mass is 15.2. The quantitative estimate of drug-likeness (QED) is 0.818. The summed E-state index contributed by atoms with van der Waals surface area (Å²) in [6.45, 7) is 5.89. The van der Waals surface area contributed by atoms with Crippen LogP contribution in [-0.4, -0.2) is 29.6 Å². The van der Waals surface area contributed by atoms with Crippen molar-refractivity contribution in [3.8, 4) is 0 Å². The summed E-state index contributed by atoms with van der Waals surface area (Å²) in [5, 5.41) is 0. The molecule has 2 N–H and O–H groups in total. The molecule has 0 bridgehead atoms. The summed E-state index contributed by atoms with van der Waals surface area (Å²) in [7, 11) is 0. The van der Waals surface area contributed by atoms with Gasteiger partial charge in [0.05, 0.1) is 0 Å². The van der Waals surface area contributed by atoms with Crippen molar-refractivity contribution in [3.63, 3.8) is 0 Å². The minimum absolute atomic E-state index is 0.415. The van der Waals surface area contributed by atoms with E-state index in [0.29, 0.717) is 6.04 Å². The summed E-state index contributed by atoms with van der Waals surface area (Å²) in [6, 6.07) is 1.90. The van der Waals surface area contributed by atoms with Gasteiger partial charge in [0.15, 0.2) is 0 Å². The third kappa shape index (κ3) is 3.45. The lowest BCUT2D eigenvalue weighted by Crippen LogP contribution is -2.51. The molecule has 2 nitrogen and oxygen atoms in total. The number of likely N-dealkylation sites (tertiary alicyclic amines) is 1. The van der Waals surface area contributed by atoms with Crippen molar-refractivity contribution < 1.29 is 0 Å². The standard InChI is InChI=1S/C15H30N2/c1-12-7-6-8-13(2)17(12)11-15(16)14-9-4-3-5-10-14/h12-15H,3-11,16H2,1-2H3/t12-,13+,15?. The molecule has 0 spiro atoms. The Morgan fingerprint density at radius 1 is 0.941 bits per heavy atom. The van der Waals surface area contributed by atoms with Gasteiger partial charge in [-0.25, -0.2) is 0 Å². The second kappa shape index (κ2) is 6.19. The zero-order valence-electron chi connectivity index (χ0n) is 11.7. The van der Waals surface area contributed by atoms with E-state index >= 15 is 0 Å². The first-order valence-electron chi connectivity index (χ1n) is 7.70. The highest BCUT2D eigenvalue weighted by Gasteiger charge is 2.29. The molecule has 0 aromatic rings. The maximum atomic E-state index is 6.46. The minimum atomic E-state index is 0.415. The van der Waals surface area contributed by atoms with Gasteiger partial charge >= 0.3 is 0 Å². The van der Waals surface area contributed by atoms with E-state index in [1.165, 1.54) is 51.4 Å². The Balaban J connectivity index is 1.85. The summed E-state index contributed by atoms with van der Waals surface area (Å²) in [6.07, 6.45) is 11.1. The van der Waals surface area contributed by atoms with Crippen LogP contribution in [0.4, 0.5) is 0 Å². The molecule has 100 valence electrons. The van der Waals surface area contributed by atoms with E-state index in [9.17, 15) is 0 Å². The van der Waals surface area contributed by atoms with Crippen LogP contribution in [0.5, 0.6) is 0 Å². The third-order valence-electron chi connectivity index (χ3n) is 5.05. The summed E-state index contributed by atoms with van der Waals surface area (Å²) in [5.41, 5.74) is 6.46. The van der Waals surface area contributed by atoms with Crippen LogP contribution >= 0.6 is 0 Å². The summed E-state index contributed by atoms with van der Waals surface area (Å²) in [4.78, 5) is 2.67. The van der Waals surface area contributed by atoms with E-state index in [2.05, 4.69) is 18.7 Å². The molecule has 1 saturated carbocycles. The first-order chi connectivity index (χ1) is 8.18. The van der Waals surface area contributed by atoms with Gasteiger partial charge in [0.2, 0.25) is 0 Å². The molecule has 1 aliphatic heterocycles. The lowest BCUT2D eigenvalue weighted by atomic mass is 9.83. The molecule has 1 aliphatic carbocycles. The fourth-order valence-electron chi connectivity index (χ4n) is 3.79. The molecule has 2 aliphatic rings. The predicted molar refractivity (Wildman–Crippen MR) is 74.0 cm³/mol. The monoisotopic (exact) mass is 238 g/mol. The van der Waals surface area contributed by atoms with E-state index in [0.717, 1.165) is 24.5 Å². The SMILES string of the molecule is C[C@@H]1CCC[C@H](C)N1CC(N)C1CCCCC1. The fourth-order valence-corrected chi connectivity index (χ4v) is 3.79. The van der Waals surface area contributed by atoms with Gasteiger partial charge in [-0.1, -0.05) is 25.7 Å². The molecule has 0 radical (unpaired) electrons. The number of rotatable bonds is 3. The average Bonchev–Trinajstić information content (AvgIpc) is 2.35. The van der Waals surface area contributed by atoms with Gasteiger partial charge in [-0.05, 0) is 45.4 Å². The van der Waals surface area contributed by atoms with Gasteiger partial charge in [0, 0.05) is 24.7 Å². The lowest BCUT2D eigenvalue weighted by molar-refractivity contribution is 0.0834. The highest BCUT2D eigenvalue weighted by molar-refractivity contribution is 4.85. The Morgan fingerprint density at radius 3 is 2.12 bits per heavy atom. The van der Waals surface area contributed by atoms with Gasteiger partial charge in [-0.15, -0.1) is 0 Å². The topological polar surface area (TPSA) is 29.3 Å². The largest absolute Gasteiger partial charge is 0.326 e. The van der Waals surface area contributed by atoms with Crippen LogP contribution in [0.2, 0.25) is 0 Å². The number of nitrogens with two attached hydrogens (primary N) is 1. The Kier molecular flexibility index (Phi) is 4.87. The second-order valence-electron chi connectivity index (χ2n) is 6.39. The molecular formula is C15H30N2. The predicted octanol–water partition coefficient (Wildman–Crippen LogP) is 3.16. The molecule has 0 amide bonds. The van der Waals surface area contributed by atoms with E-state index < -0.39 is 0 Å². The van der Waals surface area contributed by atoms with Crippen LogP contribution in [-0.2, 0) is 0 Å². The molecule has 3 atom stereocenters. The van der Waals surface area contributed by atoms with Crippen LogP contribution in [0.15, 0.2) is 0 Å². The third-order valence-corrected chi connectivity index (χ3v) is 5.05. The number of hydrogen-bond donors (Lipinski definition) is 1. The molecular weight excluding hydrogens is 208 g/mol. The van der Waals surface area contributed by atoms with Gasteiger partial charge in [-0.2, -0.15) is 0 Å². The summed E-state index contributed by atoms with van der Waals surface area (Å²) in [5.74, 6) is 0.796. The summed E-state index contributed by atoms with van der Waals surface area (Å²) < 4.78 is 0. The van der Waals surface area contributed by atoms with Gasteiger partial charge in [0.1, 0.15) is 0 Å². The Bertz CT molecular complexity index is 213. The molecule has 17 heavy (non-hydrogen) atoms. The molecule has 2 heteroatoms. The number of hydrogen-bond acceptors (Lipinski definition) is 2. The van der Waals surface area contributed by atoms with Crippen molar-refractivity contribution in [3.05, 3.63) is 0 Å². The van der Waals surface area contributed by atoms with Crippen LogP contribution in [0.3, 0.4) is 0 Å². The summed E-state index contributed by atoms with van der Waals surface area (Å²) >= 11 is 0. The molecule has 1 unspecified atom stereocenters. The van der Waals surface area contributed by atoms with Gasteiger partial charge in [-0.3, -0.25) is 4.90 Å².